The van der Waals surface area contributed by atoms with Gasteiger partial charge in [0.1, 0.15) is 0 Å². The average molecular weight is 309 g/mol. The molecule has 0 amide bonds. The third kappa shape index (κ3) is 2.99. The van der Waals surface area contributed by atoms with E-state index in [9.17, 15) is 8.42 Å². The largest absolute Gasteiger partial charge is 0.326 e. The van der Waals surface area contributed by atoms with Crippen LogP contribution >= 0.6 is 0 Å². The summed E-state index contributed by atoms with van der Waals surface area (Å²) in [6, 6.07) is 5.95. The van der Waals surface area contributed by atoms with E-state index in [0.29, 0.717) is 30.6 Å². The van der Waals surface area contributed by atoms with Gasteiger partial charge in [0.05, 0.1) is 4.90 Å². The molecule has 0 bridgehead atoms. The van der Waals surface area contributed by atoms with Crippen molar-refractivity contribution >= 4 is 10.0 Å². The van der Waals surface area contributed by atoms with E-state index >= 15 is 0 Å². The smallest absolute Gasteiger partial charge is 0.243 e. The number of nitrogens with two attached hydrogens (primary N) is 1. The van der Waals surface area contributed by atoms with Gasteiger partial charge in [0.25, 0.3) is 0 Å². The van der Waals surface area contributed by atoms with Crippen LogP contribution in [0.1, 0.15) is 24.0 Å². The molecule has 1 aromatic rings. The van der Waals surface area contributed by atoms with Crippen LogP contribution in [0.15, 0.2) is 23.1 Å². The summed E-state index contributed by atoms with van der Waals surface area (Å²) in [5.41, 5.74) is 7.57. The Morgan fingerprint density at radius 1 is 1.19 bits per heavy atom. The van der Waals surface area contributed by atoms with E-state index in [2.05, 4.69) is 4.90 Å². The van der Waals surface area contributed by atoms with Crippen LogP contribution in [0, 0.1) is 6.92 Å². The Hall–Kier alpha value is -0.950. The van der Waals surface area contributed by atoms with Gasteiger partial charge in [0.15, 0.2) is 0 Å². The summed E-state index contributed by atoms with van der Waals surface area (Å²) in [6.07, 6.45) is 2.54. The molecule has 0 radical (unpaired) electrons. The molecule has 6 heteroatoms. The summed E-state index contributed by atoms with van der Waals surface area (Å²) in [7, 11) is -3.37. The van der Waals surface area contributed by atoms with Crippen LogP contribution in [0.4, 0.5) is 0 Å². The normalized spacial score (nSPS) is 21.6. The molecule has 1 aliphatic carbocycles. The van der Waals surface area contributed by atoms with Crippen LogP contribution in [-0.2, 0) is 16.6 Å². The monoisotopic (exact) mass is 309 g/mol. The molecule has 2 N–H and O–H groups in total. The zero-order valence-corrected chi connectivity index (χ0v) is 13.3. The van der Waals surface area contributed by atoms with Crippen molar-refractivity contribution in [3.63, 3.8) is 0 Å². The molecule has 0 unspecified atom stereocenters. The Balaban J connectivity index is 1.75. The summed E-state index contributed by atoms with van der Waals surface area (Å²) >= 11 is 0. The lowest BCUT2D eigenvalue weighted by Crippen LogP contribution is -2.49. The predicted octanol–water partition coefficient (Wildman–Crippen LogP) is 0.922. The van der Waals surface area contributed by atoms with E-state index in [-0.39, 0.29) is 0 Å². The molecule has 1 heterocycles. The third-order valence-corrected chi connectivity index (χ3v) is 6.40. The van der Waals surface area contributed by atoms with Crippen molar-refractivity contribution in [1.82, 2.24) is 9.21 Å². The standard InChI is InChI=1S/C15H23N3O2S/c1-12-10-15(5-2-13(12)11-16)21(19,20)18-8-6-17(7-9-18)14-3-4-14/h2,5,10,14H,3-4,6-9,11,16H2,1H3. The van der Waals surface area contributed by atoms with Gasteiger partial charge in [0, 0.05) is 38.8 Å². The van der Waals surface area contributed by atoms with E-state index in [4.69, 9.17) is 5.73 Å². The van der Waals surface area contributed by atoms with Crippen LogP contribution in [0.2, 0.25) is 0 Å². The van der Waals surface area contributed by atoms with Crippen LogP contribution in [-0.4, -0.2) is 49.8 Å². The minimum atomic E-state index is -3.37. The second-order valence-corrected chi connectivity index (χ2v) is 7.90. The van der Waals surface area contributed by atoms with Crippen LogP contribution in [0.25, 0.3) is 0 Å². The molecular weight excluding hydrogens is 286 g/mol. The zero-order chi connectivity index (χ0) is 15.0. The Labute approximate surface area is 126 Å². The van der Waals surface area contributed by atoms with Crippen LogP contribution < -0.4 is 5.73 Å². The minimum absolute atomic E-state index is 0.386. The van der Waals surface area contributed by atoms with Crippen molar-refractivity contribution in [1.29, 1.82) is 0 Å². The van der Waals surface area contributed by atoms with E-state index in [1.54, 1.807) is 16.4 Å². The summed E-state index contributed by atoms with van der Waals surface area (Å²) in [6.45, 7) is 5.24. The maximum atomic E-state index is 12.7. The number of sulfonamides is 1. The number of hydrogen-bond acceptors (Lipinski definition) is 4. The summed E-state index contributed by atoms with van der Waals surface area (Å²) < 4.78 is 27.0. The van der Waals surface area contributed by atoms with E-state index < -0.39 is 10.0 Å². The minimum Gasteiger partial charge on any atom is -0.326 e. The van der Waals surface area contributed by atoms with Crippen LogP contribution in [0.3, 0.4) is 0 Å². The molecule has 116 valence electrons. The van der Waals surface area contributed by atoms with Crippen molar-refractivity contribution < 1.29 is 8.42 Å². The fraction of sp³-hybridized carbons (Fsp3) is 0.600. The highest BCUT2D eigenvalue weighted by Crippen LogP contribution is 2.28. The molecule has 5 nitrogen and oxygen atoms in total. The quantitative estimate of drug-likeness (QED) is 0.898. The fourth-order valence-corrected chi connectivity index (χ4v) is 4.46. The third-order valence-electron chi connectivity index (χ3n) is 4.51. The summed E-state index contributed by atoms with van der Waals surface area (Å²) in [5, 5.41) is 0. The van der Waals surface area contributed by atoms with Crippen LogP contribution in [0.5, 0.6) is 0 Å². The maximum Gasteiger partial charge on any atom is 0.243 e. The van der Waals surface area contributed by atoms with Gasteiger partial charge in [-0.2, -0.15) is 4.31 Å². The SMILES string of the molecule is Cc1cc(S(=O)(=O)N2CCN(C3CC3)CC2)ccc1CN. The van der Waals surface area contributed by atoms with Crippen molar-refractivity contribution in [2.24, 2.45) is 5.73 Å². The molecule has 2 aliphatic rings. The van der Waals surface area contributed by atoms with E-state index in [0.717, 1.165) is 24.2 Å². The van der Waals surface area contributed by atoms with Gasteiger partial charge in [-0.3, -0.25) is 4.90 Å². The van der Waals surface area contributed by atoms with Gasteiger partial charge < -0.3 is 5.73 Å². The first-order chi connectivity index (χ1) is 10.0. The first-order valence-electron chi connectivity index (χ1n) is 7.56. The molecule has 1 aliphatic heterocycles. The van der Waals surface area contributed by atoms with Crippen molar-refractivity contribution in [3.05, 3.63) is 29.3 Å². The van der Waals surface area contributed by atoms with Crippen molar-refractivity contribution in [2.45, 2.75) is 37.2 Å². The molecule has 1 saturated heterocycles. The molecule has 2 fully saturated rings. The topological polar surface area (TPSA) is 66.6 Å². The van der Waals surface area contributed by atoms with Crippen molar-refractivity contribution in [2.75, 3.05) is 26.2 Å². The highest BCUT2D eigenvalue weighted by molar-refractivity contribution is 7.89. The second-order valence-electron chi connectivity index (χ2n) is 5.96. The number of benzene rings is 1. The Morgan fingerprint density at radius 3 is 2.38 bits per heavy atom. The number of rotatable bonds is 4. The number of hydrogen-bond donors (Lipinski definition) is 1. The molecule has 1 aromatic carbocycles. The number of aryl methyl sites for hydroxylation is 1. The summed E-state index contributed by atoms with van der Waals surface area (Å²) in [5.74, 6) is 0. The Morgan fingerprint density at radius 2 is 1.86 bits per heavy atom. The van der Waals surface area contributed by atoms with E-state index in [1.807, 2.05) is 13.0 Å². The number of piperazine rings is 1. The fourth-order valence-electron chi connectivity index (χ4n) is 2.96. The van der Waals surface area contributed by atoms with Gasteiger partial charge in [-0.1, -0.05) is 6.07 Å². The lowest BCUT2D eigenvalue weighted by molar-refractivity contribution is 0.180. The second kappa shape index (κ2) is 5.68. The Kier molecular flexibility index (Phi) is 4.05. The van der Waals surface area contributed by atoms with Gasteiger partial charge in [-0.15, -0.1) is 0 Å². The maximum absolute atomic E-state index is 12.7. The molecule has 0 spiro atoms. The van der Waals surface area contributed by atoms with Gasteiger partial charge in [0.2, 0.25) is 10.0 Å². The molecule has 3 rings (SSSR count). The lowest BCUT2D eigenvalue weighted by Gasteiger charge is -2.34. The molecular formula is C15H23N3O2S. The lowest BCUT2D eigenvalue weighted by atomic mass is 10.1. The Bertz CT molecular complexity index is 618. The van der Waals surface area contributed by atoms with E-state index in [1.165, 1.54) is 12.8 Å². The molecule has 21 heavy (non-hydrogen) atoms. The van der Waals surface area contributed by atoms with Crippen molar-refractivity contribution in [3.8, 4) is 0 Å². The summed E-state index contributed by atoms with van der Waals surface area (Å²) in [4.78, 5) is 2.80. The average Bonchev–Trinajstić information content (AvgIpc) is 3.32. The first-order valence-corrected chi connectivity index (χ1v) is 9.00. The highest BCUT2D eigenvalue weighted by Gasteiger charge is 2.34. The predicted molar refractivity (Wildman–Crippen MR) is 82.4 cm³/mol. The number of nitrogens with zero attached hydrogens (tertiary/aromatic N) is 2. The zero-order valence-electron chi connectivity index (χ0n) is 12.5. The van der Waals surface area contributed by atoms with Gasteiger partial charge >= 0.3 is 0 Å². The molecule has 0 aromatic heterocycles. The molecule has 0 atom stereocenters. The van der Waals surface area contributed by atoms with Gasteiger partial charge in [-0.05, 0) is 43.0 Å². The first kappa shape index (κ1) is 15.0. The molecule has 1 saturated carbocycles. The highest BCUT2D eigenvalue weighted by atomic mass is 32.2. The van der Waals surface area contributed by atoms with Gasteiger partial charge in [-0.25, -0.2) is 8.42 Å².